The van der Waals surface area contributed by atoms with Gasteiger partial charge in [0.1, 0.15) is 6.04 Å². The molecule has 0 aliphatic carbocycles. The molecule has 0 radical (unpaired) electrons. The van der Waals surface area contributed by atoms with E-state index in [2.05, 4.69) is 15.3 Å². The Labute approximate surface area is 120 Å². The number of amides is 1. The predicted octanol–water partition coefficient (Wildman–Crippen LogP) is -0.653. The molecule has 0 unspecified atom stereocenters. The Morgan fingerprint density at radius 3 is 2.43 bits per heavy atom. The monoisotopic (exact) mass is 296 g/mol. The highest BCUT2D eigenvalue weighted by Crippen LogP contribution is 2.02. The van der Waals surface area contributed by atoms with Crippen molar-refractivity contribution in [2.45, 2.75) is 18.9 Å². The molecule has 0 aliphatic rings. The van der Waals surface area contributed by atoms with Crippen LogP contribution in [0.15, 0.2) is 18.5 Å². The summed E-state index contributed by atoms with van der Waals surface area (Å²) >= 11 is 0. The number of aliphatic carboxylic acids is 2. The highest BCUT2D eigenvalue weighted by molar-refractivity contribution is 5.86. The zero-order chi connectivity index (χ0) is 15.8. The number of nitrogens with one attached hydrogen (secondary N) is 1. The van der Waals surface area contributed by atoms with Gasteiger partial charge in [0.25, 0.3) is 0 Å². The van der Waals surface area contributed by atoms with E-state index in [1.54, 1.807) is 13.1 Å². The molecule has 0 aromatic carbocycles. The van der Waals surface area contributed by atoms with E-state index in [9.17, 15) is 14.4 Å². The highest BCUT2D eigenvalue weighted by atomic mass is 16.4. The van der Waals surface area contributed by atoms with Gasteiger partial charge >= 0.3 is 11.9 Å². The summed E-state index contributed by atoms with van der Waals surface area (Å²) in [4.78, 5) is 42.5. The number of hydrogen-bond donors (Lipinski definition) is 3. The van der Waals surface area contributed by atoms with Crippen LogP contribution in [0.25, 0.3) is 0 Å². The van der Waals surface area contributed by atoms with E-state index in [4.69, 9.17) is 10.2 Å². The lowest BCUT2D eigenvalue weighted by Crippen LogP contribution is -2.45. The van der Waals surface area contributed by atoms with E-state index in [1.807, 2.05) is 0 Å². The van der Waals surface area contributed by atoms with Crippen molar-refractivity contribution in [3.63, 3.8) is 0 Å². The summed E-state index contributed by atoms with van der Waals surface area (Å²) in [5.74, 6) is -2.62. The van der Waals surface area contributed by atoms with Gasteiger partial charge in [0, 0.05) is 25.9 Å². The first kappa shape index (κ1) is 16.3. The Bertz CT molecular complexity index is 508. The minimum Gasteiger partial charge on any atom is -0.481 e. The van der Waals surface area contributed by atoms with Crippen LogP contribution < -0.4 is 10.2 Å². The fourth-order valence-corrected chi connectivity index (χ4v) is 1.54. The molecule has 1 aromatic heterocycles. The molecule has 0 aliphatic heterocycles. The Morgan fingerprint density at radius 2 is 1.90 bits per heavy atom. The van der Waals surface area contributed by atoms with Gasteiger partial charge in [-0.25, -0.2) is 14.8 Å². The average molecular weight is 296 g/mol. The number of anilines is 1. The number of carboxylic acid groups (broad SMARTS) is 2. The summed E-state index contributed by atoms with van der Waals surface area (Å²) in [5.41, 5.74) is 0. The average Bonchev–Trinajstić information content (AvgIpc) is 2.43. The van der Waals surface area contributed by atoms with Crippen molar-refractivity contribution >= 4 is 23.8 Å². The topological polar surface area (TPSA) is 133 Å². The molecule has 9 nitrogen and oxygen atoms in total. The minimum atomic E-state index is -1.27. The largest absolute Gasteiger partial charge is 0.481 e. The minimum absolute atomic E-state index is 0.138. The first-order valence-electron chi connectivity index (χ1n) is 6.12. The summed E-state index contributed by atoms with van der Waals surface area (Å²) in [6.45, 7) is -0.138. The Kier molecular flexibility index (Phi) is 6.05. The zero-order valence-corrected chi connectivity index (χ0v) is 11.4. The lowest BCUT2D eigenvalue weighted by atomic mass is 10.1. The van der Waals surface area contributed by atoms with Crippen molar-refractivity contribution < 1.29 is 24.6 Å². The molecule has 1 atom stereocenters. The van der Waals surface area contributed by atoms with E-state index < -0.39 is 23.9 Å². The van der Waals surface area contributed by atoms with Crippen LogP contribution >= 0.6 is 0 Å². The van der Waals surface area contributed by atoms with Crippen LogP contribution in [0.4, 0.5) is 5.95 Å². The second-order valence-electron chi connectivity index (χ2n) is 4.30. The fourth-order valence-electron chi connectivity index (χ4n) is 1.54. The molecule has 0 fully saturated rings. The van der Waals surface area contributed by atoms with Gasteiger partial charge in [-0.15, -0.1) is 0 Å². The van der Waals surface area contributed by atoms with Crippen molar-refractivity contribution in [1.29, 1.82) is 0 Å². The second-order valence-corrected chi connectivity index (χ2v) is 4.30. The van der Waals surface area contributed by atoms with Gasteiger partial charge in [0.2, 0.25) is 11.9 Å². The highest BCUT2D eigenvalue weighted by Gasteiger charge is 2.21. The van der Waals surface area contributed by atoms with Crippen molar-refractivity contribution in [3.05, 3.63) is 18.5 Å². The Morgan fingerprint density at radius 1 is 1.29 bits per heavy atom. The van der Waals surface area contributed by atoms with E-state index in [0.717, 1.165) is 0 Å². The molecule has 1 aromatic rings. The summed E-state index contributed by atoms with van der Waals surface area (Å²) in [6, 6.07) is 0.391. The lowest BCUT2D eigenvalue weighted by molar-refractivity contribution is -0.142. The van der Waals surface area contributed by atoms with E-state index in [0.29, 0.717) is 5.95 Å². The van der Waals surface area contributed by atoms with Gasteiger partial charge < -0.3 is 20.4 Å². The smallest absolute Gasteiger partial charge is 0.326 e. The van der Waals surface area contributed by atoms with Crippen LogP contribution in [0.3, 0.4) is 0 Å². The molecule has 0 saturated carbocycles. The van der Waals surface area contributed by atoms with Crippen LogP contribution in [0.1, 0.15) is 12.8 Å². The predicted molar refractivity (Wildman–Crippen MR) is 71.7 cm³/mol. The van der Waals surface area contributed by atoms with Crippen molar-refractivity contribution in [1.82, 2.24) is 15.3 Å². The van der Waals surface area contributed by atoms with Crippen molar-refractivity contribution in [2.75, 3.05) is 18.5 Å². The third-order valence-electron chi connectivity index (χ3n) is 2.55. The second kappa shape index (κ2) is 7.78. The summed E-state index contributed by atoms with van der Waals surface area (Å²) in [7, 11) is 1.59. The number of carbonyl (C=O) groups is 3. The number of rotatable bonds is 8. The summed E-state index contributed by atoms with van der Waals surface area (Å²) < 4.78 is 0. The molecular formula is C12H16N4O5. The maximum atomic E-state index is 11.8. The third kappa shape index (κ3) is 5.85. The molecule has 114 valence electrons. The number of aromatic nitrogens is 2. The first-order chi connectivity index (χ1) is 9.90. The van der Waals surface area contributed by atoms with Crippen molar-refractivity contribution in [3.8, 4) is 0 Å². The van der Waals surface area contributed by atoms with Gasteiger partial charge in [-0.1, -0.05) is 0 Å². The number of carboxylic acids is 2. The zero-order valence-electron chi connectivity index (χ0n) is 11.4. The van der Waals surface area contributed by atoms with E-state index >= 15 is 0 Å². The molecule has 3 N–H and O–H groups in total. The van der Waals surface area contributed by atoms with E-state index in [-0.39, 0.29) is 19.4 Å². The molecule has 1 heterocycles. The number of hydrogen-bond acceptors (Lipinski definition) is 6. The molecule has 0 bridgehead atoms. The van der Waals surface area contributed by atoms with Gasteiger partial charge in [-0.3, -0.25) is 9.59 Å². The van der Waals surface area contributed by atoms with Crippen LogP contribution in [0.5, 0.6) is 0 Å². The van der Waals surface area contributed by atoms with Gasteiger partial charge in [0.15, 0.2) is 0 Å². The molecule has 0 saturated heterocycles. The number of carbonyl (C=O) groups excluding carboxylic acids is 1. The van der Waals surface area contributed by atoms with Gasteiger partial charge in [0.05, 0.1) is 6.54 Å². The maximum Gasteiger partial charge on any atom is 0.326 e. The Balaban J connectivity index is 2.54. The van der Waals surface area contributed by atoms with Crippen LogP contribution in [-0.2, 0) is 14.4 Å². The Hall–Kier alpha value is -2.71. The SMILES string of the molecule is CN(CC(=O)N[C@@H](CCC(=O)O)C(=O)O)c1ncccn1. The molecule has 21 heavy (non-hydrogen) atoms. The standard InChI is InChI=1S/C12H16N4O5/c1-16(12-13-5-2-6-14-12)7-9(17)15-8(11(20)21)3-4-10(18)19/h2,5-6,8H,3-4,7H2,1H3,(H,15,17)(H,18,19)(H,20,21)/t8-/m0/s1. The van der Waals surface area contributed by atoms with Crippen LogP contribution in [-0.4, -0.2) is 57.7 Å². The summed E-state index contributed by atoms with van der Waals surface area (Å²) in [6.07, 6.45) is 2.52. The van der Waals surface area contributed by atoms with E-state index in [1.165, 1.54) is 17.3 Å². The fraction of sp³-hybridized carbons (Fsp3) is 0.417. The van der Waals surface area contributed by atoms with Gasteiger partial charge in [-0.05, 0) is 12.5 Å². The maximum absolute atomic E-state index is 11.8. The number of nitrogens with zero attached hydrogens (tertiary/aromatic N) is 3. The molecule has 9 heteroatoms. The third-order valence-corrected chi connectivity index (χ3v) is 2.55. The van der Waals surface area contributed by atoms with Crippen LogP contribution in [0.2, 0.25) is 0 Å². The van der Waals surface area contributed by atoms with Crippen LogP contribution in [0, 0.1) is 0 Å². The normalized spacial score (nSPS) is 11.5. The molecular weight excluding hydrogens is 280 g/mol. The molecule has 1 rings (SSSR count). The molecule has 0 spiro atoms. The lowest BCUT2D eigenvalue weighted by Gasteiger charge is -2.18. The van der Waals surface area contributed by atoms with Crippen molar-refractivity contribution in [2.24, 2.45) is 0 Å². The quantitative estimate of drug-likeness (QED) is 0.576. The summed E-state index contributed by atoms with van der Waals surface area (Å²) in [5, 5.41) is 19.8. The number of likely N-dealkylation sites (N-methyl/N-ethyl adjacent to an activating group) is 1. The first-order valence-corrected chi connectivity index (χ1v) is 6.12. The molecule has 1 amide bonds. The van der Waals surface area contributed by atoms with Gasteiger partial charge in [-0.2, -0.15) is 0 Å².